The molecule has 0 aliphatic heterocycles. The van der Waals surface area contributed by atoms with E-state index in [4.69, 9.17) is 4.74 Å². The molecule has 20 heavy (non-hydrogen) atoms. The predicted molar refractivity (Wildman–Crippen MR) is 81.0 cm³/mol. The topological polar surface area (TPSA) is 47.0 Å². The molecule has 0 fully saturated rings. The normalized spacial score (nSPS) is 12.2. The maximum atomic E-state index is 5.81. The Morgan fingerprint density at radius 3 is 2.45 bits per heavy atom. The third kappa shape index (κ3) is 3.47. The molecule has 1 N–H and O–H groups in total. The van der Waals surface area contributed by atoms with Gasteiger partial charge in [-0.2, -0.15) is 0 Å². The van der Waals surface area contributed by atoms with Gasteiger partial charge in [-0.3, -0.25) is 9.97 Å². The number of rotatable bonds is 5. The van der Waals surface area contributed by atoms with Gasteiger partial charge in [0.15, 0.2) is 0 Å². The first kappa shape index (κ1) is 14.3. The summed E-state index contributed by atoms with van der Waals surface area (Å²) in [6.07, 6.45) is 3.57. The number of ether oxygens (including phenoxy) is 1. The Morgan fingerprint density at radius 1 is 1.05 bits per heavy atom. The molecule has 0 saturated carbocycles. The monoisotopic (exact) mass is 271 g/mol. The number of anilines is 1. The van der Waals surface area contributed by atoms with Crippen LogP contribution < -0.4 is 10.1 Å². The molecule has 1 atom stereocenters. The van der Waals surface area contributed by atoms with E-state index >= 15 is 0 Å². The van der Waals surface area contributed by atoms with Gasteiger partial charge in [-0.1, -0.05) is 12.1 Å². The third-order valence-corrected chi connectivity index (χ3v) is 2.95. The van der Waals surface area contributed by atoms with Crippen molar-refractivity contribution in [2.75, 3.05) is 5.32 Å². The van der Waals surface area contributed by atoms with E-state index in [0.29, 0.717) is 0 Å². The summed E-state index contributed by atoms with van der Waals surface area (Å²) in [6.45, 7) is 8.08. The van der Waals surface area contributed by atoms with Crippen LogP contribution in [0.5, 0.6) is 5.75 Å². The number of para-hydroxylation sites is 2. The second-order valence-corrected chi connectivity index (χ2v) is 5.06. The van der Waals surface area contributed by atoms with Gasteiger partial charge in [0.05, 0.1) is 29.2 Å². The molecule has 1 aromatic carbocycles. The zero-order chi connectivity index (χ0) is 14.5. The van der Waals surface area contributed by atoms with Crippen molar-refractivity contribution in [2.24, 2.45) is 0 Å². The fourth-order valence-corrected chi connectivity index (χ4v) is 2.09. The summed E-state index contributed by atoms with van der Waals surface area (Å²) in [5.74, 6) is 0.857. The van der Waals surface area contributed by atoms with Crippen LogP contribution in [-0.2, 0) is 0 Å². The minimum atomic E-state index is 0.0700. The summed E-state index contributed by atoms with van der Waals surface area (Å²) in [7, 11) is 0. The lowest BCUT2D eigenvalue weighted by Crippen LogP contribution is -2.13. The van der Waals surface area contributed by atoms with Crippen LogP contribution >= 0.6 is 0 Å². The van der Waals surface area contributed by atoms with Gasteiger partial charge in [-0.25, -0.2) is 0 Å². The van der Waals surface area contributed by atoms with E-state index in [1.54, 1.807) is 12.4 Å². The minimum Gasteiger partial charge on any atom is -0.489 e. The molecule has 106 valence electrons. The molecular formula is C16H21N3O. The smallest absolute Gasteiger partial charge is 0.142 e. The molecule has 4 nitrogen and oxygen atoms in total. The Morgan fingerprint density at radius 2 is 1.75 bits per heavy atom. The van der Waals surface area contributed by atoms with E-state index in [-0.39, 0.29) is 12.1 Å². The highest BCUT2D eigenvalue weighted by Gasteiger charge is 2.13. The lowest BCUT2D eigenvalue weighted by atomic mass is 10.1. The van der Waals surface area contributed by atoms with Crippen molar-refractivity contribution in [3.8, 4) is 5.75 Å². The van der Waals surface area contributed by atoms with Crippen LogP contribution in [0.3, 0.4) is 0 Å². The zero-order valence-corrected chi connectivity index (χ0v) is 12.4. The molecule has 0 aliphatic carbocycles. The molecule has 0 aliphatic rings. The summed E-state index contributed by atoms with van der Waals surface area (Å²) in [4.78, 5) is 8.68. The lowest BCUT2D eigenvalue weighted by Gasteiger charge is -2.20. The highest BCUT2D eigenvalue weighted by atomic mass is 16.5. The molecule has 0 bridgehead atoms. The molecule has 1 aromatic heterocycles. The number of aromatic nitrogens is 2. The molecule has 0 saturated heterocycles. The standard InChI is InChI=1S/C16H21N3O/c1-11(2)20-15-8-6-5-7-14(15)19-13(4)16-12(3)17-9-10-18-16/h5-11,13,19H,1-4H3. The minimum absolute atomic E-state index is 0.0700. The van der Waals surface area contributed by atoms with Gasteiger partial charge < -0.3 is 10.1 Å². The van der Waals surface area contributed by atoms with Gasteiger partial charge in [0, 0.05) is 12.4 Å². The second-order valence-electron chi connectivity index (χ2n) is 5.06. The molecule has 1 heterocycles. The Balaban J connectivity index is 2.20. The van der Waals surface area contributed by atoms with Crippen molar-refractivity contribution in [1.82, 2.24) is 9.97 Å². The van der Waals surface area contributed by atoms with E-state index in [1.165, 1.54) is 0 Å². The average Bonchev–Trinajstić information content (AvgIpc) is 2.41. The van der Waals surface area contributed by atoms with E-state index < -0.39 is 0 Å². The largest absolute Gasteiger partial charge is 0.489 e. The van der Waals surface area contributed by atoms with Crippen LogP contribution in [0.4, 0.5) is 5.69 Å². The third-order valence-electron chi connectivity index (χ3n) is 2.95. The van der Waals surface area contributed by atoms with Crippen molar-refractivity contribution in [3.05, 3.63) is 48.0 Å². The quantitative estimate of drug-likeness (QED) is 0.899. The fraction of sp³-hybridized carbons (Fsp3) is 0.375. The first-order valence-electron chi connectivity index (χ1n) is 6.87. The fourth-order valence-electron chi connectivity index (χ4n) is 2.09. The summed E-state index contributed by atoms with van der Waals surface area (Å²) in [5, 5.41) is 3.45. The average molecular weight is 271 g/mol. The van der Waals surface area contributed by atoms with Crippen molar-refractivity contribution < 1.29 is 4.74 Å². The van der Waals surface area contributed by atoms with Crippen molar-refractivity contribution in [2.45, 2.75) is 39.8 Å². The van der Waals surface area contributed by atoms with E-state index in [0.717, 1.165) is 22.8 Å². The summed E-state index contributed by atoms with van der Waals surface area (Å²) in [6, 6.07) is 8.02. The Labute approximate surface area is 120 Å². The highest BCUT2D eigenvalue weighted by Crippen LogP contribution is 2.28. The molecule has 4 heteroatoms. The Kier molecular flexibility index (Phi) is 4.56. The van der Waals surface area contributed by atoms with Crippen LogP contribution in [-0.4, -0.2) is 16.1 Å². The molecule has 2 aromatic rings. The first-order valence-corrected chi connectivity index (χ1v) is 6.87. The number of aryl methyl sites for hydroxylation is 1. The predicted octanol–water partition coefficient (Wildman–Crippen LogP) is 3.75. The maximum Gasteiger partial charge on any atom is 0.142 e. The number of benzene rings is 1. The van der Waals surface area contributed by atoms with Crippen LogP contribution in [0.25, 0.3) is 0 Å². The van der Waals surface area contributed by atoms with Gasteiger partial charge in [-0.15, -0.1) is 0 Å². The molecule has 0 amide bonds. The molecule has 1 unspecified atom stereocenters. The van der Waals surface area contributed by atoms with Crippen LogP contribution in [0.2, 0.25) is 0 Å². The van der Waals surface area contributed by atoms with Crippen LogP contribution in [0, 0.1) is 6.92 Å². The van der Waals surface area contributed by atoms with E-state index in [2.05, 4.69) is 22.2 Å². The molecule has 0 spiro atoms. The van der Waals surface area contributed by atoms with Gasteiger partial charge >= 0.3 is 0 Å². The van der Waals surface area contributed by atoms with E-state index in [9.17, 15) is 0 Å². The zero-order valence-electron chi connectivity index (χ0n) is 12.4. The summed E-state index contributed by atoms with van der Waals surface area (Å²) in [5.41, 5.74) is 2.86. The summed E-state index contributed by atoms with van der Waals surface area (Å²) < 4.78 is 5.81. The number of hydrogen-bond acceptors (Lipinski definition) is 4. The highest BCUT2D eigenvalue weighted by molar-refractivity contribution is 5.57. The van der Waals surface area contributed by atoms with Gasteiger partial charge in [-0.05, 0) is 39.8 Å². The molecular weight excluding hydrogens is 250 g/mol. The number of nitrogens with zero attached hydrogens (tertiary/aromatic N) is 2. The lowest BCUT2D eigenvalue weighted by molar-refractivity contribution is 0.243. The Bertz CT molecular complexity index is 569. The summed E-state index contributed by atoms with van der Waals surface area (Å²) >= 11 is 0. The van der Waals surface area contributed by atoms with Crippen molar-refractivity contribution in [3.63, 3.8) is 0 Å². The van der Waals surface area contributed by atoms with Crippen LogP contribution in [0.1, 0.15) is 38.2 Å². The first-order chi connectivity index (χ1) is 9.58. The van der Waals surface area contributed by atoms with Crippen LogP contribution in [0.15, 0.2) is 36.7 Å². The van der Waals surface area contributed by atoms with E-state index in [1.807, 2.05) is 45.0 Å². The molecule has 2 rings (SSSR count). The van der Waals surface area contributed by atoms with Crippen molar-refractivity contribution >= 4 is 5.69 Å². The number of nitrogens with one attached hydrogen (secondary N) is 1. The van der Waals surface area contributed by atoms with Gasteiger partial charge in [0.1, 0.15) is 5.75 Å². The SMILES string of the molecule is Cc1nccnc1C(C)Nc1ccccc1OC(C)C. The van der Waals surface area contributed by atoms with Crippen molar-refractivity contribution in [1.29, 1.82) is 0 Å². The van der Waals surface area contributed by atoms with Gasteiger partial charge in [0.2, 0.25) is 0 Å². The number of hydrogen-bond donors (Lipinski definition) is 1. The molecule has 0 radical (unpaired) electrons. The van der Waals surface area contributed by atoms with Gasteiger partial charge in [0.25, 0.3) is 0 Å². The second kappa shape index (κ2) is 6.37. The maximum absolute atomic E-state index is 5.81. The Hall–Kier alpha value is -2.10.